The summed E-state index contributed by atoms with van der Waals surface area (Å²) in [5.74, 6) is 0. The number of alkyl halides is 1. The molecule has 1 saturated heterocycles. The van der Waals surface area contributed by atoms with E-state index in [1.54, 1.807) is 0 Å². The van der Waals surface area contributed by atoms with E-state index >= 15 is 0 Å². The Kier molecular flexibility index (Phi) is 2.76. The third-order valence-corrected chi connectivity index (χ3v) is 5.29. The molecule has 0 N–H and O–H groups in total. The van der Waals surface area contributed by atoms with Crippen molar-refractivity contribution in [1.82, 2.24) is 0 Å². The summed E-state index contributed by atoms with van der Waals surface area (Å²) < 4.78 is 12.0. The van der Waals surface area contributed by atoms with Crippen LogP contribution < -0.4 is 0 Å². The normalized spacial score (nSPS) is 48.2. The van der Waals surface area contributed by atoms with Crippen LogP contribution >= 0.6 is 22.6 Å². The summed E-state index contributed by atoms with van der Waals surface area (Å²) in [5.41, 5.74) is 0.690. The molecule has 4 fully saturated rings. The van der Waals surface area contributed by atoms with Crippen molar-refractivity contribution >= 4 is 22.6 Å². The maximum absolute atomic E-state index is 5.79. The third kappa shape index (κ3) is 2.07. The van der Waals surface area contributed by atoms with Crippen LogP contribution in [0.25, 0.3) is 0 Å². The van der Waals surface area contributed by atoms with Gasteiger partial charge in [0.25, 0.3) is 0 Å². The van der Waals surface area contributed by atoms with Crippen LogP contribution in [-0.2, 0) is 9.47 Å². The standard InChI is InChI=1S/C12H19IO2/c13-12-7-11(8-12,9-12)4-6-15-10-3-1-2-5-14-10/h10H,1-9H2. The second-order valence-electron chi connectivity index (χ2n) is 5.60. The molecule has 3 saturated carbocycles. The SMILES string of the molecule is IC12CC(CCOC3CCCCO3)(C1)C2. The van der Waals surface area contributed by atoms with Gasteiger partial charge in [0.15, 0.2) is 6.29 Å². The largest absolute Gasteiger partial charge is 0.353 e. The molecule has 1 unspecified atom stereocenters. The fraction of sp³-hybridized carbons (Fsp3) is 1.00. The van der Waals surface area contributed by atoms with Gasteiger partial charge in [-0.15, -0.1) is 0 Å². The smallest absolute Gasteiger partial charge is 0.157 e. The lowest BCUT2D eigenvalue weighted by Gasteiger charge is -2.68. The zero-order valence-electron chi connectivity index (χ0n) is 9.14. The van der Waals surface area contributed by atoms with Gasteiger partial charge in [-0.3, -0.25) is 0 Å². The highest BCUT2D eigenvalue weighted by atomic mass is 127. The quantitative estimate of drug-likeness (QED) is 0.584. The Hall–Kier alpha value is 0.650. The van der Waals surface area contributed by atoms with Gasteiger partial charge in [0.1, 0.15) is 0 Å². The molecular formula is C12H19IO2. The number of rotatable bonds is 4. The first-order valence-electron chi connectivity index (χ1n) is 6.12. The van der Waals surface area contributed by atoms with Gasteiger partial charge in [-0.2, -0.15) is 0 Å². The van der Waals surface area contributed by atoms with E-state index in [-0.39, 0.29) is 6.29 Å². The summed E-state index contributed by atoms with van der Waals surface area (Å²) in [4.78, 5) is 0. The molecule has 86 valence electrons. The Morgan fingerprint density at radius 3 is 2.67 bits per heavy atom. The lowest BCUT2D eigenvalue weighted by Crippen LogP contribution is -2.63. The lowest BCUT2D eigenvalue weighted by molar-refractivity contribution is -0.177. The minimum Gasteiger partial charge on any atom is -0.353 e. The van der Waals surface area contributed by atoms with Crippen molar-refractivity contribution in [2.75, 3.05) is 13.2 Å². The van der Waals surface area contributed by atoms with Gasteiger partial charge in [-0.05, 0) is 50.4 Å². The molecule has 0 radical (unpaired) electrons. The van der Waals surface area contributed by atoms with Crippen molar-refractivity contribution in [2.24, 2.45) is 5.41 Å². The summed E-state index contributed by atoms with van der Waals surface area (Å²) in [6.45, 7) is 1.81. The minimum absolute atomic E-state index is 0.111. The minimum atomic E-state index is 0.111. The Bertz CT molecular complexity index is 228. The van der Waals surface area contributed by atoms with Gasteiger partial charge in [0.05, 0.1) is 6.61 Å². The average molecular weight is 322 g/mol. The molecule has 0 spiro atoms. The van der Waals surface area contributed by atoms with Gasteiger partial charge in [-0.1, -0.05) is 22.6 Å². The van der Waals surface area contributed by atoms with Gasteiger partial charge in [0, 0.05) is 10.0 Å². The molecular weight excluding hydrogens is 303 g/mol. The zero-order chi connectivity index (χ0) is 10.4. The van der Waals surface area contributed by atoms with Crippen LogP contribution in [0.3, 0.4) is 0 Å². The van der Waals surface area contributed by atoms with E-state index in [0.717, 1.165) is 19.6 Å². The van der Waals surface area contributed by atoms with Crippen LogP contribution in [0.15, 0.2) is 0 Å². The first-order valence-corrected chi connectivity index (χ1v) is 7.20. The van der Waals surface area contributed by atoms with E-state index in [1.807, 2.05) is 0 Å². The number of hydrogen-bond donors (Lipinski definition) is 0. The van der Waals surface area contributed by atoms with E-state index in [9.17, 15) is 0 Å². The first-order chi connectivity index (χ1) is 7.20. The fourth-order valence-corrected chi connectivity index (χ4v) is 5.80. The van der Waals surface area contributed by atoms with Crippen LogP contribution in [0, 0.1) is 5.41 Å². The van der Waals surface area contributed by atoms with Gasteiger partial charge < -0.3 is 9.47 Å². The molecule has 3 aliphatic carbocycles. The summed E-state index contributed by atoms with van der Waals surface area (Å²) in [6, 6.07) is 0. The molecule has 15 heavy (non-hydrogen) atoms. The summed E-state index contributed by atoms with van der Waals surface area (Å²) in [6.07, 6.45) is 9.27. The van der Waals surface area contributed by atoms with Crippen molar-refractivity contribution in [3.05, 3.63) is 0 Å². The van der Waals surface area contributed by atoms with E-state index < -0.39 is 0 Å². The van der Waals surface area contributed by atoms with Crippen LogP contribution in [0.5, 0.6) is 0 Å². The molecule has 2 bridgehead atoms. The first kappa shape index (κ1) is 10.8. The second-order valence-corrected chi connectivity index (χ2v) is 7.89. The molecule has 0 amide bonds. The lowest BCUT2D eigenvalue weighted by atomic mass is 9.43. The molecule has 1 aliphatic heterocycles. The Balaban J connectivity index is 1.34. The van der Waals surface area contributed by atoms with E-state index in [4.69, 9.17) is 9.47 Å². The highest BCUT2D eigenvalue weighted by Crippen LogP contribution is 2.73. The maximum atomic E-state index is 5.79. The number of ether oxygens (including phenoxy) is 2. The van der Waals surface area contributed by atoms with Gasteiger partial charge >= 0.3 is 0 Å². The topological polar surface area (TPSA) is 18.5 Å². The van der Waals surface area contributed by atoms with Gasteiger partial charge in [-0.25, -0.2) is 0 Å². The van der Waals surface area contributed by atoms with Crippen LogP contribution in [0.1, 0.15) is 44.9 Å². The summed E-state index contributed by atoms with van der Waals surface area (Å²) in [7, 11) is 0. The second kappa shape index (κ2) is 3.84. The van der Waals surface area contributed by atoms with Crippen LogP contribution in [0.4, 0.5) is 0 Å². The van der Waals surface area contributed by atoms with E-state index in [0.29, 0.717) is 8.84 Å². The van der Waals surface area contributed by atoms with E-state index in [1.165, 1.54) is 38.5 Å². The van der Waals surface area contributed by atoms with E-state index in [2.05, 4.69) is 22.6 Å². The Labute approximate surface area is 105 Å². The highest BCUT2D eigenvalue weighted by molar-refractivity contribution is 14.1. The van der Waals surface area contributed by atoms with Gasteiger partial charge in [0.2, 0.25) is 0 Å². The Morgan fingerprint density at radius 2 is 2.07 bits per heavy atom. The predicted molar refractivity (Wildman–Crippen MR) is 67.2 cm³/mol. The number of hydrogen-bond acceptors (Lipinski definition) is 2. The van der Waals surface area contributed by atoms with Crippen molar-refractivity contribution in [2.45, 2.75) is 54.7 Å². The maximum Gasteiger partial charge on any atom is 0.157 e. The van der Waals surface area contributed by atoms with Crippen molar-refractivity contribution in [3.8, 4) is 0 Å². The van der Waals surface area contributed by atoms with Crippen molar-refractivity contribution in [3.63, 3.8) is 0 Å². The third-order valence-electron chi connectivity index (χ3n) is 4.15. The molecule has 2 nitrogen and oxygen atoms in total. The number of halogens is 1. The highest BCUT2D eigenvalue weighted by Gasteiger charge is 2.65. The molecule has 4 aliphatic rings. The molecule has 1 heterocycles. The fourth-order valence-electron chi connectivity index (χ4n) is 3.38. The monoisotopic (exact) mass is 322 g/mol. The molecule has 0 aromatic carbocycles. The van der Waals surface area contributed by atoms with Crippen LogP contribution in [-0.4, -0.2) is 22.9 Å². The molecule has 0 aromatic heterocycles. The molecule has 0 aromatic rings. The molecule has 1 atom stereocenters. The Morgan fingerprint density at radius 1 is 1.27 bits per heavy atom. The zero-order valence-corrected chi connectivity index (χ0v) is 11.3. The molecule has 4 rings (SSSR count). The van der Waals surface area contributed by atoms with Crippen molar-refractivity contribution in [1.29, 1.82) is 0 Å². The average Bonchev–Trinajstić information content (AvgIpc) is 2.15. The van der Waals surface area contributed by atoms with Crippen LogP contribution in [0.2, 0.25) is 0 Å². The summed E-state index contributed by atoms with van der Waals surface area (Å²) >= 11 is 2.63. The molecule has 3 heteroatoms. The van der Waals surface area contributed by atoms with Crippen molar-refractivity contribution < 1.29 is 9.47 Å². The summed E-state index contributed by atoms with van der Waals surface area (Å²) in [5, 5.41) is 0. The predicted octanol–water partition coefficient (Wildman–Crippen LogP) is 3.28.